The Hall–Kier alpha value is -0.680. The predicted molar refractivity (Wildman–Crippen MR) is 74.8 cm³/mol. The first-order valence-electron chi connectivity index (χ1n) is 6.40. The molecule has 1 unspecified atom stereocenters. The molecule has 0 aliphatic heterocycles. The van der Waals surface area contributed by atoms with Crippen LogP contribution in [0.15, 0.2) is 18.2 Å². The van der Waals surface area contributed by atoms with E-state index < -0.39 is 6.10 Å². The van der Waals surface area contributed by atoms with Crippen LogP contribution >= 0.6 is 11.6 Å². The molecule has 0 bridgehead atoms. The van der Waals surface area contributed by atoms with Crippen molar-refractivity contribution in [2.24, 2.45) is 5.92 Å². The summed E-state index contributed by atoms with van der Waals surface area (Å²) in [7, 11) is 0. The molecular formula is C14H21ClFNO2. The summed E-state index contributed by atoms with van der Waals surface area (Å²) in [4.78, 5) is 0. The molecule has 0 spiro atoms. The van der Waals surface area contributed by atoms with E-state index in [1.165, 1.54) is 6.07 Å². The van der Waals surface area contributed by atoms with Crippen LogP contribution in [0.5, 0.6) is 0 Å². The molecule has 0 radical (unpaired) electrons. The molecule has 0 aliphatic rings. The second-order valence-corrected chi connectivity index (χ2v) is 5.32. The number of hydrogen-bond donors (Lipinski definition) is 2. The fourth-order valence-electron chi connectivity index (χ4n) is 1.56. The SMILES string of the molecule is CC(C)COCC(O)CNCc1c(F)cccc1Cl. The van der Waals surface area contributed by atoms with Crippen molar-refractivity contribution in [1.29, 1.82) is 0 Å². The average molecular weight is 290 g/mol. The van der Waals surface area contributed by atoms with Crippen molar-refractivity contribution in [2.75, 3.05) is 19.8 Å². The van der Waals surface area contributed by atoms with Gasteiger partial charge in [0.05, 0.1) is 12.7 Å². The van der Waals surface area contributed by atoms with Crippen molar-refractivity contribution in [1.82, 2.24) is 5.32 Å². The van der Waals surface area contributed by atoms with Gasteiger partial charge in [0.15, 0.2) is 0 Å². The largest absolute Gasteiger partial charge is 0.389 e. The average Bonchev–Trinajstić information content (AvgIpc) is 2.32. The second-order valence-electron chi connectivity index (χ2n) is 4.92. The molecule has 2 N–H and O–H groups in total. The van der Waals surface area contributed by atoms with Crippen molar-refractivity contribution in [3.05, 3.63) is 34.6 Å². The number of aliphatic hydroxyl groups excluding tert-OH is 1. The fraction of sp³-hybridized carbons (Fsp3) is 0.571. The zero-order valence-corrected chi connectivity index (χ0v) is 12.1. The lowest BCUT2D eigenvalue weighted by Crippen LogP contribution is -2.30. The number of nitrogens with one attached hydrogen (secondary N) is 1. The lowest BCUT2D eigenvalue weighted by molar-refractivity contribution is 0.0260. The van der Waals surface area contributed by atoms with Gasteiger partial charge in [0.2, 0.25) is 0 Å². The lowest BCUT2D eigenvalue weighted by Gasteiger charge is -2.14. The summed E-state index contributed by atoms with van der Waals surface area (Å²) in [6.45, 7) is 5.61. The molecule has 3 nitrogen and oxygen atoms in total. The van der Waals surface area contributed by atoms with Crippen LogP contribution in [0, 0.1) is 11.7 Å². The van der Waals surface area contributed by atoms with E-state index in [1.54, 1.807) is 12.1 Å². The molecule has 1 aromatic carbocycles. The van der Waals surface area contributed by atoms with Crippen LogP contribution in [0.1, 0.15) is 19.4 Å². The Balaban J connectivity index is 2.26. The monoisotopic (exact) mass is 289 g/mol. The van der Waals surface area contributed by atoms with Crippen LogP contribution in [-0.2, 0) is 11.3 Å². The van der Waals surface area contributed by atoms with E-state index in [0.717, 1.165) is 0 Å². The smallest absolute Gasteiger partial charge is 0.129 e. The van der Waals surface area contributed by atoms with Gasteiger partial charge in [-0.2, -0.15) is 0 Å². The van der Waals surface area contributed by atoms with Crippen molar-refractivity contribution in [2.45, 2.75) is 26.5 Å². The number of aliphatic hydroxyl groups is 1. The normalized spacial score (nSPS) is 12.9. The van der Waals surface area contributed by atoms with Gasteiger partial charge in [-0.1, -0.05) is 31.5 Å². The standard InChI is InChI=1S/C14H21ClFNO2/c1-10(2)8-19-9-11(18)6-17-7-12-13(15)4-3-5-14(12)16/h3-5,10-11,17-18H,6-9H2,1-2H3. The Morgan fingerprint density at radius 1 is 1.37 bits per heavy atom. The Labute approximate surface area is 118 Å². The van der Waals surface area contributed by atoms with E-state index in [-0.39, 0.29) is 19.0 Å². The molecule has 1 rings (SSSR count). The predicted octanol–water partition coefficient (Wildman–Crippen LogP) is 2.60. The van der Waals surface area contributed by atoms with Gasteiger partial charge in [-0.3, -0.25) is 0 Å². The van der Waals surface area contributed by atoms with Crippen LogP contribution in [0.2, 0.25) is 5.02 Å². The molecule has 0 heterocycles. The molecule has 19 heavy (non-hydrogen) atoms. The Morgan fingerprint density at radius 2 is 2.11 bits per heavy atom. The third-order valence-electron chi connectivity index (χ3n) is 2.50. The summed E-state index contributed by atoms with van der Waals surface area (Å²) >= 11 is 5.90. The van der Waals surface area contributed by atoms with E-state index >= 15 is 0 Å². The highest BCUT2D eigenvalue weighted by Crippen LogP contribution is 2.18. The van der Waals surface area contributed by atoms with E-state index in [1.807, 2.05) is 13.8 Å². The fourth-order valence-corrected chi connectivity index (χ4v) is 1.79. The number of hydrogen-bond acceptors (Lipinski definition) is 3. The summed E-state index contributed by atoms with van der Waals surface area (Å²) in [6.07, 6.45) is -0.607. The summed E-state index contributed by atoms with van der Waals surface area (Å²) in [5, 5.41) is 13.0. The van der Waals surface area contributed by atoms with Crippen LogP contribution in [0.25, 0.3) is 0 Å². The van der Waals surface area contributed by atoms with Gasteiger partial charge in [0.25, 0.3) is 0 Å². The van der Waals surface area contributed by atoms with Gasteiger partial charge in [0.1, 0.15) is 5.82 Å². The summed E-state index contributed by atoms with van der Waals surface area (Å²) in [5.74, 6) is 0.0999. The van der Waals surface area contributed by atoms with Crippen molar-refractivity contribution >= 4 is 11.6 Å². The minimum Gasteiger partial charge on any atom is -0.389 e. The Morgan fingerprint density at radius 3 is 2.74 bits per heavy atom. The summed E-state index contributed by atoms with van der Waals surface area (Å²) < 4.78 is 18.8. The minimum absolute atomic E-state index is 0.274. The van der Waals surface area contributed by atoms with Gasteiger partial charge in [-0.25, -0.2) is 4.39 Å². The second kappa shape index (κ2) is 8.48. The third-order valence-corrected chi connectivity index (χ3v) is 2.86. The molecule has 0 saturated heterocycles. The number of halogens is 2. The van der Waals surface area contributed by atoms with Gasteiger partial charge >= 0.3 is 0 Å². The molecule has 0 saturated carbocycles. The third kappa shape index (κ3) is 6.34. The van der Waals surface area contributed by atoms with E-state index in [9.17, 15) is 9.50 Å². The van der Waals surface area contributed by atoms with Gasteiger partial charge in [-0.05, 0) is 18.1 Å². The summed E-state index contributed by atoms with van der Waals surface area (Å²) in [5.41, 5.74) is 0.416. The Bertz CT molecular complexity index is 367. The van der Waals surface area contributed by atoms with E-state index in [4.69, 9.17) is 16.3 Å². The van der Waals surface area contributed by atoms with E-state index in [2.05, 4.69) is 5.32 Å². The molecule has 108 valence electrons. The molecular weight excluding hydrogens is 269 g/mol. The topological polar surface area (TPSA) is 41.5 Å². The van der Waals surface area contributed by atoms with Gasteiger partial charge in [0, 0.05) is 30.3 Å². The van der Waals surface area contributed by atoms with Crippen molar-refractivity contribution in [3.63, 3.8) is 0 Å². The van der Waals surface area contributed by atoms with Crippen molar-refractivity contribution in [3.8, 4) is 0 Å². The molecule has 0 amide bonds. The Kier molecular flexibility index (Phi) is 7.31. The lowest BCUT2D eigenvalue weighted by atomic mass is 10.2. The molecule has 1 atom stereocenters. The first-order chi connectivity index (χ1) is 9.00. The van der Waals surface area contributed by atoms with Crippen LogP contribution in [0.4, 0.5) is 4.39 Å². The first kappa shape index (κ1) is 16.4. The minimum atomic E-state index is -0.607. The maximum atomic E-state index is 13.5. The maximum Gasteiger partial charge on any atom is 0.129 e. The van der Waals surface area contributed by atoms with Crippen molar-refractivity contribution < 1.29 is 14.2 Å². The maximum absolute atomic E-state index is 13.5. The number of rotatable bonds is 8. The van der Waals surface area contributed by atoms with Crippen LogP contribution in [-0.4, -0.2) is 31.0 Å². The number of ether oxygens (including phenoxy) is 1. The number of benzene rings is 1. The van der Waals surface area contributed by atoms with Gasteiger partial charge < -0.3 is 15.2 Å². The molecule has 5 heteroatoms. The zero-order chi connectivity index (χ0) is 14.3. The van der Waals surface area contributed by atoms with Crippen LogP contribution in [0.3, 0.4) is 0 Å². The van der Waals surface area contributed by atoms with Gasteiger partial charge in [-0.15, -0.1) is 0 Å². The quantitative estimate of drug-likeness (QED) is 0.773. The highest BCUT2D eigenvalue weighted by Gasteiger charge is 2.08. The molecule has 0 aliphatic carbocycles. The van der Waals surface area contributed by atoms with Crippen LogP contribution < -0.4 is 5.32 Å². The highest BCUT2D eigenvalue weighted by molar-refractivity contribution is 6.31. The molecule has 1 aromatic rings. The molecule has 0 fully saturated rings. The zero-order valence-electron chi connectivity index (χ0n) is 11.3. The summed E-state index contributed by atoms with van der Waals surface area (Å²) in [6, 6.07) is 4.57. The van der Waals surface area contributed by atoms with E-state index in [0.29, 0.717) is 29.7 Å². The first-order valence-corrected chi connectivity index (χ1v) is 6.78. The molecule has 0 aromatic heterocycles. The highest BCUT2D eigenvalue weighted by atomic mass is 35.5.